The van der Waals surface area contributed by atoms with Crippen LogP contribution in [-0.2, 0) is 0 Å². The molecular weight excluding hydrogens is 453 g/mol. The minimum atomic E-state index is -0.0641. The molecule has 0 saturated carbocycles. The Balaban J connectivity index is 1.55. The molecule has 0 unspecified atom stereocenters. The zero-order valence-corrected chi connectivity index (χ0v) is 18.2. The number of benzene rings is 1. The van der Waals surface area contributed by atoms with Crippen LogP contribution in [0.4, 0.5) is 0 Å². The van der Waals surface area contributed by atoms with Crippen molar-refractivity contribution in [1.82, 2.24) is 9.97 Å². The molecule has 3 aromatic carbocycles. The molecule has 0 fully saturated rings. The Bertz CT molecular complexity index is 1690. The summed E-state index contributed by atoms with van der Waals surface area (Å²) in [5, 5.41) is 8.59. The summed E-state index contributed by atoms with van der Waals surface area (Å²) in [6.07, 6.45) is 0. The number of hydrogen-bond donors (Lipinski definition) is 0. The van der Waals surface area contributed by atoms with Crippen LogP contribution in [-0.4, -0.2) is 9.97 Å². The van der Waals surface area contributed by atoms with Gasteiger partial charge in [0, 0.05) is 21.5 Å². The molecule has 4 heterocycles. The lowest BCUT2D eigenvalue weighted by molar-refractivity contribution is 1.49. The smallest absolute Gasteiger partial charge is 0.213 e. The maximum Gasteiger partial charge on any atom is 0.213 e. The van der Waals surface area contributed by atoms with E-state index in [1.807, 2.05) is 47.2 Å². The van der Waals surface area contributed by atoms with Crippen LogP contribution >= 0.6 is 45.3 Å². The van der Waals surface area contributed by atoms with Crippen LogP contribution in [0.1, 0.15) is 0 Å². The van der Waals surface area contributed by atoms with Crippen LogP contribution in [0.15, 0.2) is 56.7 Å². The highest BCUT2D eigenvalue weighted by molar-refractivity contribution is 7.26. The Morgan fingerprint density at radius 2 is 1.10 bits per heavy atom. The van der Waals surface area contributed by atoms with Crippen molar-refractivity contribution in [3.05, 3.63) is 67.6 Å². The quantitative estimate of drug-likeness (QED) is 0.305. The van der Waals surface area contributed by atoms with Gasteiger partial charge in [-0.2, -0.15) is 0 Å². The normalized spacial score (nSPS) is 12.3. The number of hydrogen-bond acceptors (Lipinski definition) is 8. The Hall–Kier alpha value is -2.78. The van der Waals surface area contributed by atoms with Crippen LogP contribution in [0.2, 0.25) is 0 Å². The van der Waals surface area contributed by atoms with Crippen molar-refractivity contribution in [2.24, 2.45) is 0 Å². The van der Waals surface area contributed by atoms with Crippen molar-refractivity contribution in [2.75, 3.05) is 0 Å². The number of aromatic nitrogens is 2. The van der Waals surface area contributed by atoms with Gasteiger partial charge in [0.1, 0.15) is 21.0 Å². The molecule has 0 amide bonds. The first kappa shape index (κ1) is 17.0. The van der Waals surface area contributed by atoms with Crippen molar-refractivity contribution in [3.8, 4) is 19.8 Å². The van der Waals surface area contributed by atoms with Gasteiger partial charge in [-0.3, -0.25) is 9.59 Å². The Morgan fingerprint density at radius 3 is 1.50 bits per heavy atom. The molecule has 0 N–H and O–H groups in total. The maximum absolute atomic E-state index is 13.1. The van der Waals surface area contributed by atoms with Crippen molar-refractivity contribution in [3.63, 3.8) is 0 Å². The summed E-state index contributed by atoms with van der Waals surface area (Å²) in [7, 11) is 0. The summed E-state index contributed by atoms with van der Waals surface area (Å²) in [5.74, 6) is 0. The zero-order valence-electron chi connectivity index (χ0n) is 15.0. The van der Waals surface area contributed by atoms with E-state index in [9.17, 15) is 9.59 Å². The molecule has 0 aliphatic heterocycles. The molecule has 0 aliphatic carbocycles. The van der Waals surface area contributed by atoms with Gasteiger partial charge in [0.15, 0.2) is 0 Å². The van der Waals surface area contributed by atoms with Crippen molar-refractivity contribution in [1.29, 1.82) is 0 Å². The molecule has 0 aliphatic rings. The summed E-state index contributed by atoms with van der Waals surface area (Å²) >= 11 is 6.24. The number of thiophene rings is 2. The third-order valence-corrected chi connectivity index (χ3v) is 9.54. The van der Waals surface area contributed by atoms with Gasteiger partial charge in [-0.25, -0.2) is 9.97 Å². The molecule has 4 aromatic heterocycles. The second-order valence-corrected chi connectivity index (χ2v) is 10.8. The summed E-state index contributed by atoms with van der Waals surface area (Å²) < 4.78 is 1.72. The lowest BCUT2D eigenvalue weighted by atomic mass is 10.1. The third kappa shape index (κ3) is 2.14. The summed E-state index contributed by atoms with van der Waals surface area (Å²) in [6.45, 7) is 0. The van der Waals surface area contributed by atoms with Gasteiger partial charge in [0.2, 0.25) is 10.9 Å². The fourth-order valence-corrected chi connectivity index (χ4v) is 7.71. The first-order valence-corrected chi connectivity index (χ1v) is 12.5. The number of thiazole rings is 2. The molecule has 0 bridgehead atoms. The lowest BCUT2D eigenvalue weighted by Gasteiger charge is -1.93. The van der Waals surface area contributed by atoms with E-state index in [1.54, 1.807) is 22.7 Å². The molecule has 7 rings (SSSR count). The Morgan fingerprint density at radius 1 is 0.633 bits per heavy atom. The summed E-state index contributed by atoms with van der Waals surface area (Å²) in [4.78, 5) is 37.6. The van der Waals surface area contributed by atoms with E-state index in [0.717, 1.165) is 39.9 Å². The highest BCUT2D eigenvalue weighted by atomic mass is 32.1. The second-order valence-electron chi connectivity index (χ2n) is 6.95. The molecule has 7 aromatic rings. The highest BCUT2D eigenvalue weighted by Crippen LogP contribution is 2.40. The molecule has 8 heteroatoms. The van der Waals surface area contributed by atoms with Crippen LogP contribution in [0, 0.1) is 0 Å². The molecule has 0 atom stereocenters. The van der Waals surface area contributed by atoms with E-state index in [1.165, 1.54) is 22.7 Å². The van der Waals surface area contributed by atoms with Gasteiger partial charge in [-0.1, -0.05) is 12.1 Å². The summed E-state index contributed by atoms with van der Waals surface area (Å²) in [5.41, 5.74) is 0.869. The Kier molecular flexibility index (Phi) is 3.33. The van der Waals surface area contributed by atoms with E-state index in [4.69, 9.17) is 0 Å². The standard InChI is InChI=1S/C22H8N2O2S4/c25-17-9-8-12-10(18(26)16-20(12)30-22(24-16)14-4-2-6-28-14)7-11(9)19-15(17)23-21(29-19)13-3-1-5-27-13/h1-8H. The first-order chi connectivity index (χ1) is 14.7. The minimum Gasteiger partial charge on any atom is -0.287 e. The molecule has 0 spiro atoms. The molecular formula is C22H8N2O2S4. The van der Waals surface area contributed by atoms with Gasteiger partial charge >= 0.3 is 0 Å². The molecule has 4 nitrogen and oxygen atoms in total. The van der Waals surface area contributed by atoms with Gasteiger partial charge in [0.25, 0.3) is 0 Å². The van der Waals surface area contributed by atoms with Crippen LogP contribution < -0.4 is 10.9 Å². The van der Waals surface area contributed by atoms with Gasteiger partial charge in [-0.15, -0.1) is 45.3 Å². The fraction of sp³-hybridized carbons (Fsp3) is 0. The van der Waals surface area contributed by atoms with E-state index < -0.39 is 0 Å². The predicted octanol–water partition coefficient (Wildman–Crippen LogP) is 6.27. The highest BCUT2D eigenvalue weighted by Gasteiger charge is 2.22. The molecule has 0 saturated heterocycles. The van der Waals surface area contributed by atoms with Crippen molar-refractivity contribution in [2.45, 2.75) is 0 Å². The van der Waals surface area contributed by atoms with E-state index in [2.05, 4.69) is 9.97 Å². The average Bonchev–Trinajstić information content (AvgIpc) is 3.57. The van der Waals surface area contributed by atoms with Crippen LogP contribution in [0.5, 0.6) is 0 Å². The predicted molar refractivity (Wildman–Crippen MR) is 129 cm³/mol. The van der Waals surface area contributed by atoms with Crippen molar-refractivity contribution < 1.29 is 0 Å². The molecule has 0 radical (unpaired) electrons. The number of fused-ring (bicyclic) bond motifs is 6. The van der Waals surface area contributed by atoms with Crippen LogP contribution in [0.25, 0.3) is 61.7 Å². The SMILES string of the molecule is O=c1c2cc3c(cc2c2sc(-c4cccs4)nc12)c(=O)c1nc(-c2cccs2)sc13. The summed E-state index contributed by atoms with van der Waals surface area (Å²) in [6, 6.07) is 11.7. The van der Waals surface area contributed by atoms with Gasteiger partial charge < -0.3 is 0 Å². The number of nitrogens with zero attached hydrogens (tertiary/aromatic N) is 2. The van der Waals surface area contributed by atoms with Gasteiger partial charge in [0.05, 0.1) is 19.2 Å². The van der Waals surface area contributed by atoms with E-state index in [-0.39, 0.29) is 10.9 Å². The first-order valence-electron chi connectivity index (χ1n) is 9.06. The monoisotopic (exact) mass is 460 g/mol. The fourth-order valence-electron chi connectivity index (χ4n) is 3.93. The number of rotatable bonds is 2. The largest absolute Gasteiger partial charge is 0.287 e. The van der Waals surface area contributed by atoms with E-state index >= 15 is 0 Å². The average molecular weight is 461 g/mol. The maximum atomic E-state index is 13.1. The topological polar surface area (TPSA) is 59.9 Å². The molecule has 30 heavy (non-hydrogen) atoms. The zero-order chi connectivity index (χ0) is 20.0. The lowest BCUT2D eigenvalue weighted by Crippen LogP contribution is -1.96. The Labute approximate surface area is 184 Å². The van der Waals surface area contributed by atoms with E-state index in [0.29, 0.717) is 21.8 Å². The van der Waals surface area contributed by atoms with Crippen LogP contribution in [0.3, 0.4) is 0 Å². The minimum absolute atomic E-state index is 0.0641. The van der Waals surface area contributed by atoms with Gasteiger partial charge in [-0.05, 0) is 35.0 Å². The second kappa shape index (κ2) is 5.89. The van der Waals surface area contributed by atoms with Crippen molar-refractivity contribution >= 4 is 87.3 Å². The molecule has 142 valence electrons. The third-order valence-electron chi connectivity index (χ3n) is 5.28.